The second-order valence-corrected chi connectivity index (χ2v) is 5.88. The van der Waals surface area contributed by atoms with Gasteiger partial charge in [0, 0.05) is 5.75 Å². The van der Waals surface area contributed by atoms with Crippen molar-refractivity contribution in [1.82, 2.24) is 14.8 Å². The zero-order chi connectivity index (χ0) is 10.8. The standard InChI is InChI=1S/C6H11BrN4O2S/c1-2-14(12,13)4-3-11-5(7)9-6(8)10-11/h2-4H2,1H3,(H2,8,10). The van der Waals surface area contributed by atoms with E-state index in [4.69, 9.17) is 5.73 Å². The molecule has 0 aliphatic heterocycles. The second-order valence-electron chi connectivity index (χ2n) is 2.70. The van der Waals surface area contributed by atoms with Gasteiger partial charge in [-0.15, -0.1) is 5.10 Å². The summed E-state index contributed by atoms with van der Waals surface area (Å²) in [6.45, 7) is 1.88. The molecule has 14 heavy (non-hydrogen) atoms. The number of aryl methyl sites for hydroxylation is 1. The molecule has 6 nitrogen and oxygen atoms in total. The van der Waals surface area contributed by atoms with E-state index in [2.05, 4.69) is 26.0 Å². The number of nitrogen functional groups attached to an aromatic ring is 1. The van der Waals surface area contributed by atoms with Crippen molar-refractivity contribution in [3.63, 3.8) is 0 Å². The smallest absolute Gasteiger partial charge is 0.240 e. The van der Waals surface area contributed by atoms with E-state index < -0.39 is 9.84 Å². The minimum absolute atomic E-state index is 0.0465. The quantitative estimate of drug-likeness (QED) is 0.843. The summed E-state index contributed by atoms with van der Waals surface area (Å²) in [5, 5.41) is 3.82. The lowest BCUT2D eigenvalue weighted by Gasteiger charge is -2.01. The molecule has 80 valence electrons. The van der Waals surface area contributed by atoms with Gasteiger partial charge in [-0.2, -0.15) is 4.98 Å². The Hall–Kier alpha value is -0.630. The summed E-state index contributed by atoms with van der Waals surface area (Å²) in [5.74, 6) is 0.311. The van der Waals surface area contributed by atoms with Crippen LogP contribution in [0.2, 0.25) is 0 Å². The Labute approximate surface area is 90.6 Å². The van der Waals surface area contributed by atoms with E-state index in [0.29, 0.717) is 4.73 Å². The highest BCUT2D eigenvalue weighted by Crippen LogP contribution is 2.08. The van der Waals surface area contributed by atoms with E-state index in [1.165, 1.54) is 4.68 Å². The number of rotatable bonds is 4. The number of nitrogens with two attached hydrogens (primary N) is 1. The molecule has 2 N–H and O–H groups in total. The number of hydrogen-bond donors (Lipinski definition) is 1. The van der Waals surface area contributed by atoms with E-state index >= 15 is 0 Å². The zero-order valence-corrected chi connectivity index (χ0v) is 10.0. The molecule has 0 unspecified atom stereocenters. The van der Waals surface area contributed by atoms with Crippen molar-refractivity contribution in [2.24, 2.45) is 0 Å². The SMILES string of the molecule is CCS(=O)(=O)CCn1nc(N)nc1Br. The predicted octanol–water partition coefficient (Wildman–Crippen LogP) is 0.0575. The molecule has 1 aromatic rings. The van der Waals surface area contributed by atoms with Crippen molar-refractivity contribution in [3.8, 4) is 0 Å². The fourth-order valence-electron chi connectivity index (χ4n) is 0.852. The summed E-state index contributed by atoms with van der Waals surface area (Å²) in [7, 11) is -2.98. The third-order valence-corrected chi connectivity index (χ3v) is 3.97. The first-order valence-electron chi connectivity index (χ1n) is 4.01. The summed E-state index contributed by atoms with van der Waals surface area (Å²) >= 11 is 3.12. The van der Waals surface area contributed by atoms with Crippen LogP contribution >= 0.6 is 15.9 Å². The van der Waals surface area contributed by atoms with Crippen LogP contribution in [0.1, 0.15) is 6.92 Å². The molecule has 0 aromatic carbocycles. The molecule has 0 saturated heterocycles. The van der Waals surface area contributed by atoms with Crippen molar-refractivity contribution in [3.05, 3.63) is 4.73 Å². The van der Waals surface area contributed by atoms with E-state index in [9.17, 15) is 8.42 Å². The van der Waals surface area contributed by atoms with Gasteiger partial charge < -0.3 is 5.73 Å². The molecular formula is C6H11BrN4O2S. The molecule has 0 fully saturated rings. The Morgan fingerprint density at radius 2 is 2.21 bits per heavy atom. The lowest BCUT2D eigenvalue weighted by Crippen LogP contribution is -2.15. The fourth-order valence-corrected chi connectivity index (χ4v) is 2.03. The molecule has 0 radical (unpaired) electrons. The van der Waals surface area contributed by atoms with E-state index in [-0.39, 0.29) is 24.0 Å². The fraction of sp³-hybridized carbons (Fsp3) is 0.667. The molecule has 0 bridgehead atoms. The van der Waals surface area contributed by atoms with Crippen molar-refractivity contribution >= 4 is 31.7 Å². The monoisotopic (exact) mass is 282 g/mol. The first kappa shape index (κ1) is 11.4. The van der Waals surface area contributed by atoms with Gasteiger partial charge in [-0.1, -0.05) is 6.92 Å². The molecule has 0 aliphatic rings. The maximum atomic E-state index is 11.2. The van der Waals surface area contributed by atoms with Crippen LogP contribution in [-0.4, -0.2) is 34.7 Å². The summed E-state index contributed by atoms with van der Waals surface area (Å²) in [6.07, 6.45) is 0. The Bertz CT molecular complexity index is 413. The van der Waals surface area contributed by atoms with Crippen LogP contribution in [0.4, 0.5) is 5.95 Å². The predicted molar refractivity (Wildman–Crippen MR) is 56.5 cm³/mol. The van der Waals surface area contributed by atoms with Crippen LogP contribution in [0.3, 0.4) is 0 Å². The molecule has 1 aromatic heterocycles. The van der Waals surface area contributed by atoms with Gasteiger partial charge in [0.05, 0.1) is 12.3 Å². The van der Waals surface area contributed by atoms with Crippen LogP contribution in [0.25, 0.3) is 0 Å². The number of aromatic nitrogens is 3. The molecule has 0 atom stereocenters. The van der Waals surface area contributed by atoms with Crippen molar-refractivity contribution < 1.29 is 8.42 Å². The third kappa shape index (κ3) is 2.95. The number of hydrogen-bond acceptors (Lipinski definition) is 5. The molecule has 0 amide bonds. The third-order valence-electron chi connectivity index (χ3n) is 1.70. The molecule has 8 heteroatoms. The van der Waals surface area contributed by atoms with E-state index in [1.807, 2.05) is 0 Å². The van der Waals surface area contributed by atoms with Crippen LogP contribution in [-0.2, 0) is 16.4 Å². The molecule has 1 heterocycles. The van der Waals surface area contributed by atoms with Crippen molar-refractivity contribution in [2.45, 2.75) is 13.5 Å². The summed E-state index contributed by atoms with van der Waals surface area (Å²) in [6, 6.07) is 0. The molecular weight excluding hydrogens is 272 g/mol. The van der Waals surface area contributed by atoms with Crippen LogP contribution in [0, 0.1) is 0 Å². The number of nitrogens with zero attached hydrogens (tertiary/aromatic N) is 3. The van der Waals surface area contributed by atoms with Gasteiger partial charge in [0.25, 0.3) is 0 Å². The van der Waals surface area contributed by atoms with Gasteiger partial charge in [0.1, 0.15) is 0 Å². The van der Waals surface area contributed by atoms with Gasteiger partial charge in [0.15, 0.2) is 14.6 Å². The van der Waals surface area contributed by atoms with Crippen LogP contribution < -0.4 is 5.73 Å². The maximum Gasteiger partial charge on any atom is 0.240 e. The molecule has 0 saturated carbocycles. The first-order valence-corrected chi connectivity index (χ1v) is 6.62. The average molecular weight is 283 g/mol. The lowest BCUT2D eigenvalue weighted by atomic mass is 10.8. The van der Waals surface area contributed by atoms with E-state index in [0.717, 1.165) is 0 Å². The van der Waals surface area contributed by atoms with Gasteiger partial charge >= 0.3 is 0 Å². The van der Waals surface area contributed by atoms with Crippen molar-refractivity contribution in [1.29, 1.82) is 0 Å². The summed E-state index contributed by atoms with van der Waals surface area (Å²) in [5.41, 5.74) is 5.33. The topological polar surface area (TPSA) is 90.9 Å². The summed E-state index contributed by atoms with van der Waals surface area (Å²) < 4.78 is 24.2. The van der Waals surface area contributed by atoms with Crippen molar-refractivity contribution in [2.75, 3.05) is 17.2 Å². The summed E-state index contributed by atoms with van der Waals surface area (Å²) in [4.78, 5) is 3.79. The molecule has 0 aliphatic carbocycles. The highest BCUT2D eigenvalue weighted by Gasteiger charge is 2.10. The normalized spacial score (nSPS) is 11.9. The molecule has 0 spiro atoms. The Balaban J connectivity index is 2.67. The van der Waals surface area contributed by atoms with Crippen LogP contribution in [0.15, 0.2) is 4.73 Å². The first-order chi connectivity index (χ1) is 6.44. The lowest BCUT2D eigenvalue weighted by molar-refractivity contribution is 0.579. The minimum atomic E-state index is -2.98. The Morgan fingerprint density at radius 1 is 1.57 bits per heavy atom. The van der Waals surface area contributed by atoms with Gasteiger partial charge in [0.2, 0.25) is 5.95 Å². The van der Waals surface area contributed by atoms with Gasteiger partial charge in [-0.3, -0.25) is 0 Å². The second kappa shape index (κ2) is 4.26. The minimum Gasteiger partial charge on any atom is -0.366 e. The highest BCUT2D eigenvalue weighted by molar-refractivity contribution is 9.10. The number of halogens is 1. The van der Waals surface area contributed by atoms with Crippen LogP contribution in [0.5, 0.6) is 0 Å². The largest absolute Gasteiger partial charge is 0.366 e. The van der Waals surface area contributed by atoms with Gasteiger partial charge in [-0.25, -0.2) is 13.1 Å². The average Bonchev–Trinajstić information content (AvgIpc) is 2.42. The number of sulfone groups is 1. The molecule has 1 rings (SSSR count). The Kier molecular flexibility index (Phi) is 3.48. The zero-order valence-electron chi connectivity index (χ0n) is 7.64. The van der Waals surface area contributed by atoms with E-state index in [1.54, 1.807) is 6.92 Å². The Morgan fingerprint density at radius 3 is 2.64 bits per heavy atom. The van der Waals surface area contributed by atoms with Gasteiger partial charge in [-0.05, 0) is 15.9 Å². The maximum absolute atomic E-state index is 11.2. The number of anilines is 1. The highest BCUT2D eigenvalue weighted by atomic mass is 79.9.